The van der Waals surface area contributed by atoms with Gasteiger partial charge in [0, 0.05) is 18.3 Å². The third-order valence-electron chi connectivity index (χ3n) is 4.36. The standard InChI is InChI=1S/C20H23N7O3/c1-20(2,3)30-19(29)27-11-13(9-23-27)15-10-21-14-6-7-16(25-17(14)24-15)26-18(28)22-8-12-4-5-12/h6-7,9-12H,4-5,8H2,1-3H3,(H2,22,24,25,26,28). The van der Waals surface area contributed by atoms with Gasteiger partial charge in [0.1, 0.15) is 16.9 Å². The van der Waals surface area contributed by atoms with Crippen molar-refractivity contribution < 1.29 is 14.3 Å². The Balaban J connectivity index is 1.51. The molecule has 1 fully saturated rings. The zero-order valence-electron chi connectivity index (χ0n) is 17.0. The molecule has 4 rings (SSSR count). The molecule has 0 radical (unpaired) electrons. The number of fused-ring (bicyclic) bond motifs is 1. The minimum atomic E-state index is -0.621. The lowest BCUT2D eigenvalue weighted by Gasteiger charge is -2.18. The van der Waals surface area contributed by atoms with Crippen LogP contribution in [0.2, 0.25) is 0 Å². The Hall–Kier alpha value is -3.56. The largest absolute Gasteiger partial charge is 0.442 e. The van der Waals surface area contributed by atoms with Crippen molar-refractivity contribution in [3.63, 3.8) is 0 Å². The van der Waals surface area contributed by atoms with E-state index in [2.05, 4.69) is 30.7 Å². The van der Waals surface area contributed by atoms with E-state index in [1.165, 1.54) is 12.4 Å². The first-order chi connectivity index (χ1) is 14.3. The monoisotopic (exact) mass is 409 g/mol. The molecule has 1 aliphatic carbocycles. The Morgan fingerprint density at radius 3 is 2.73 bits per heavy atom. The molecule has 10 nitrogen and oxygen atoms in total. The van der Waals surface area contributed by atoms with Crippen molar-refractivity contribution in [3.05, 3.63) is 30.7 Å². The smallest absolute Gasteiger partial charge is 0.435 e. The van der Waals surface area contributed by atoms with Crippen LogP contribution in [0.5, 0.6) is 0 Å². The average molecular weight is 409 g/mol. The molecule has 0 saturated heterocycles. The molecule has 2 N–H and O–H groups in total. The Kier molecular flexibility index (Phi) is 5.06. The van der Waals surface area contributed by atoms with Gasteiger partial charge in [0.05, 0.1) is 18.1 Å². The predicted octanol–water partition coefficient (Wildman–Crippen LogP) is 3.20. The molecule has 30 heavy (non-hydrogen) atoms. The lowest BCUT2D eigenvalue weighted by Crippen LogP contribution is -2.30. The summed E-state index contributed by atoms with van der Waals surface area (Å²) >= 11 is 0. The normalized spacial score (nSPS) is 13.8. The molecule has 10 heteroatoms. The maximum absolute atomic E-state index is 12.1. The number of carbonyl (C=O) groups is 2. The summed E-state index contributed by atoms with van der Waals surface area (Å²) in [7, 11) is 0. The maximum Gasteiger partial charge on any atom is 0.435 e. The number of carbonyl (C=O) groups excluding carboxylic acids is 2. The van der Waals surface area contributed by atoms with Gasteiger partial charge in [0.25, 0.3) is 0 Å². The van der Waals surface area contributed by atoms with Crippen molar-refractivity contribution in [2.45, 2.75) is 39.2 Å². The Bertz CT molecular complexity index is 1100. The molecule has 3 heterocycles. The number of anilines is 1. The number of pyridine rings is 1. The SMILES string of the molecule is CC(C)(C)OC(=O)n1cc(-c2cnc3ccc(NC(=O)NCC4CC4)nc3n2)cn1. The number of aromatic nitrogens is 5. The first-order valence-electron chi connectivity index (χ1n) is 9.74. The quantitative estimate of drug-likeness (QED) is 0.678. The van der Waals surface area contributed by atoms with Crippen LogP contribution in [0.3, 0.4) is 0 Å². The topological polar surface area (TPSA) is 124 Å². The van der Waals surface area contributed by atoms with E-state index in [4.69, 9.17) is 4.74 Å². The number of nitrogens with one attached hydrogen (secondary N) is 2. The lowest BCUT2D eigenvalue weighted by atomic mass is 10.2. The number of urea groups is 1. The van der Waals surface area contributed by atoms with Crippen LogP contribution < -0.4 is 10.6 Å². The average Bonchev–Trinajstić information content (AvgIpc) is 3.38. The van der Waals surface area contributed by atoms with Gasteiger partial charge < -0.3 is 10.1 Å². The second-order valence-electron chi connectivity index (χ2n) is 8.23. The molecule has 0 unspecified atom stereocenters. The molecule has 0 aromatic carbocycles. The van der Waals surface area contributed by atoms with Crippen LogP contribution in [0.4, 0.5) is 15.4 Å². The van der Waals surface area contributed by atoms with Crippen molar-refractivity contribution in [3.8, 4) is 11.3 Å². The third-order valence-corrected chi connectivity index (χ3v) is 4.36. The van der Waals surface area contributed by atoms with Crippen LogP contribution in [0.25, 0.3) is 22.4 Å². The molecule has 3 aromatic heterocycles. The van der Waals surface area contributed by atoms with Gasteiger partial charge >= 0.3 is 12.1 Å². The highest BCUT2D eigenvalue weighted by atomic mass is 16.6. The van der Waals surface area contributed by atoms with E-state index in [0.717, 1.165) is 17.5 Å². The zero-order chi connectivity index (χ0) is 21.3. The van der Waals surface area contributed by atoms with Crippen molar-refractivity contribution in [2.24, 2.45) is 5.92 Å². The van der Waals surface area contributed by atoms with Gasteiger partial charge in [-0.1, -0.05) is 0 Å². The van der Waals surface area contributed by atoms with E-state index in [1.54, 1.807) is 39.1 Å². The van der Waals surface area contributed by atoms with Crippen molar-refractivity contribution in [1.82, 2.24) is 30.0 Å². The Morgan fingerprint density at radius 2 is 2.00 bits per heavy atom. The summed E-state index contributed by atoms with van der Waals surface area (Å²) < 4.78 is 6.41. The highest BCUT2D eigenvalue weighted by molar-refractivity contribution is 5.89. The molecular weight excluding hydrogens is 386 g/mol. The second-order valence-corrected chi connectivity index (χ2v) is 8.23. The fourth-order valence-electron chi connectivity index (χ4n) is 2.69. The van der Waals surface area contributed by atoms with Gasteiger partial charge in [-0.15, -0.1) is 0 Å². The summed E-state index contributed by atoms with van der Waals surface area (Å²) in [5.41, 5.74) is 1.43. The van der Waals surface area contributed by atoms with E-state index in [0.29, 0.717) is 40.7 Å². The minimum absolute atomic E-state index is 0.295. The Labute approximate surface area is 173 Å². The summed E-state index contributed by atoms with van der Waals surface area (Å²) in [4.78, 5) is 37.3. The van der Waals surface area contributed by atoms with Crippen LogP contribution in [-0.2, 0) is 4.74 Å². The molecule has 0 atom stereocenters. The predicted molar refractivity (Wildman–Crippen MR) is 110 cm³/mol. The summed E-state index contributed by atoms with van der Waals surface area (Å²) in [6, 6.07) is 3.12. The Morgan fingerprint density at radius 1 is 1.20 bits per heavy atom. The second kappa shape index (κ2) is 7.69. The first-order valence-corrected chi connectivity index (χ1v) is 9.74. The van der Waals surface area contributed by atoms with Gasteiger partial charge in [-0.3, -0.25) is 10.3 Å². The van der Waals surface area contributed by atoms with E-state index in [1.807, 2.05) is 0 Å². The number of ether oxygens (including phenoxy) is 1. The molecule has 1 saturated carbocycles. The van der Waals surface area contributed by atoms with Gasteiger partial charge in [-0.05, 0) is 51.7 Å². The molecule has 2 amide bonds. The van der Waals surface area contributed by atoms with Gasteiger partial charge in [-0.2, -0.15) is 9.78 Å². The molecule has 1 aliphatic rings. The van der Waals surface area contributed by atoms with Crippen molar-refractivity contribution in [1.29, 1.82) is 0 Å². The van der Waals surface area contributed by atoms with E-state index >= 15 is 0 Å². The molecule has 0 bridgehead atoms. The van der Waals surface area contributed by atoms with E-state index in [9.17, 15) is 9.59 Å². The van der Waals surface area contributed by atoms with Crippen LogP contribution in [0, 0.1) is 5.92 Å². The number of rotatable bonds is 4. The number of hydrogen-bond donors (Lipinski definition) is 2. The van der Waals surface area contributed by atoms with Gasteiger partial charge in [0.15, 0.2) is 5.65 Å². The maximum atomic E-state index is 12.1. The summed E-state index contributed by atoms with van der Waals surface area (Å²) in [6.07, 6.45) is 6.36. The summed E-state index contributed by atoms with van der Waals surface area (Å²) in [6.45, 7) is 6.03. The van der Waals surface area contributed by atoms with Gasteiger partial charge in [-0.25, -0.2) is 19.6 Å². The van der Waals surface area contributed by atoms with Crippen LogP contribution >= 0.6 is 0 Å². The van der Waals surface area contributed by atoms with E-state index < -0.39 is 11.7 Å². The van der Waals surface area contributed by atoms with Crippen LogP contribution in [-0.4, -0.2) is 49.0 Å². The molecule has 0 spiro atoms. The molecule has 3 aromatic rings. The molecule has 0 aliphatic heterocycles. The number of nitrogens with zero attached hydrogens (tertiary/aromatic N) is 5. The number of hydrogen-bond acceptors (Lipinski definition) is 7. The zero-order valence-corrected chi connectivity index (χ0v) is 17.0. The fraction of sp³-hybridized carbons (Fsp3) is 0.400. The summed E-state index contributed by atoms with van der Waals surface area (Å²) in [5, 5.41) is 9.58. The first kappa shape index (κ1) is 19.7. The van der Waals surface area contributed by atoms with Gasteiger partial charge in [0.2, 0.25) is 0 Å². The molecular formula is C20H23N7O3. The summed E-state index contributed by atoms with van der Waals surface area (Å²) in [5.74, 6) is 0.974. The number of amides is 2. The highest BCUT2D eigenvalue weighted by Gasteiger charge is 2.22. The van der Waals surface area contributed by atoms with Crippen molar-refractivity contribution >= 4 is 29.1 Å². The van der Waals surface area contributed by atoms with Crippen LogP contribution in [0.1, 0.15) is 33.6 Å². The fourth-order valence-corrected chi connectivity index (χ4v) is 2.69. The van der Waals surface area contributed by atoms with Crippen molar-refractivity contribution in [2.75, 3.05) is 11.9 Å². The highest BCUT2D eigenvalue weighted by Crippen LogP contribution is 2.27. The van der Waals surface area contributed by atoms with Crippen LogP contribution in [0.15, 0.2) is 30.7 Å². The minimum Gasteiger partial charge on any atom is -0.442 e. The van der Waals surface area contributed by atoms with E-state index in [-0.39, 0.29) is 6.03 Å². The lowest BCUT2D eigenvalue weighted by molar-refractivity contribution is 0.0514. The molecule has 156 valence electrons. The third kappa shape index (κ3) is 4.88.